The second-order valence-electron chi connectivity index (χ2n) is 5.37. The van der Waals surface area contributed by atoms with Gasteiger partial charge in [-0.3, -0.25) is 0 Å². The van der Waals surface area contributed by atoms with Crippen LogP contribution in [0, 0.1) is 0 Å². The Kier molecular flexibility index (Phi) is 5.93. The molecule has 1 N–H and O–H groups in total. The zero-order chi connectivity index (χ0) is 13.5. The summed E-state index contributed by atoms with van der Waals surface area (Å²) < 4.78 is 0. The minimum absolute atomic E-state index is 0.429. The first kappa shape index (κ1) is 14.6. The fraction of sp³-hybridized carbons (Fsp3) is 0.529. The van der Waals surface area contributed by atoms with Crippen LogP contribution in [-0.2, 0) is 6.42 Å². The highest BCUT2D eigenvalue weighted by molar-refractivity contribution is 6.31. The lowest BCUT2D eigenvalue weighted by Crippen LogP contribution is -2.30. The average Bonchev–Trinajstić information content (AvgIpc) is 2.38. The molecule has 19 heavy (non-hydrogen) atoms. The summed E-state index contributed by atoms with van der Waals surface area (Å²) >= 11 is 6.28. The second kappa shape index (κ2) is 7.72. The van der Waals surface area contributed by atoms with E-state index in [9.17, 15) is 0 Å². The number of rotatable bonds is 4. The van der Waals surface area contributed by atoms with Gasteiger partial charge in [-0.2, -0.15) is 0 Å². The Labute approximate surface area is 122 Å². The van der Waals surface area contributed by atoms with Gasteiger partial charge >= 0.3 is 0 Å². The number of nitrogens with one attached hydrogen (secondary N) is 1. The minimum atomic E-state index is 0.429. The van der Waals surface area contributed by atoms with Gasteiger partial charge in [-0.25, -0.2) is 0 Å². The lowest BCUT2D eigenvalue weighted by Gasteiger charge is -2.22. The SMILES string of the molecule is CNC(Cc1ccccc1Cl)/C1=C/CCCCCC1. The third-order valence-corrected chi connectivity index (χ3v) is 4.37. The molecule has 0 heterocycles. The molecule has 1 aromatic carbocycles. The van der Waals surface area contributed by atoms with Gasteiger partial charge in [0.05, 0.1) is 0 Å². The summed E-state index contributed by atoms with van der Waals surface area (Å²) in [4.78, 5) is 0. The zero-order valence-corrected chi connectivity index (χ0v) is 12.5. The standard InChI is InChI=1S/C17H24ClN/c1-19-17(13-15-11-7-8-12-16(15)18)14-9-5-3-2-4-6-10-14/h7-9,11-12,17,19H,2-6,10,13H2,1H3/b14-9+. The van der Waals surface area contributed by atoms with E-state index in [4.69, 9.17) is 11.6 Å². The molecule has 0 fully saturated rings. The molecule has 0 spiro atoms. The van der Waals surface area contributed by atoms with Crippen LogP contribution in [0.5, 0.6) is 0 Å². The molecule has 104 valence electrons. The maximum absolute atomic E-state index is 6.28. The van der Waals surface area contributed by atoms with Crippen molar-refractivity contribution in [3.63, 3.8) is 0 Å². The molecule has 1 unspecified atom stereocenters. The number of likely N-dealkylation sites (N-methyl/N-ethyl adjacent to an activating group) is 1. The molecule has 0 aromatic heterocycles. The fourth-order valence-electron chi connectivity index (χ4n) is 2.84. The lowest BCUT2D eigenvalue weighted by molar-refractivity contribution is 0.558. The van der Waals surface area contributed by atoms with Gasteiger partial charge in [0.1, 0.15) is 0 Å². The maximum Gasteiger partial charge on any atom is 0.0438 e. The quantitative estimate of drug-likeness (QED) is 0.783. The van der Waals surface area contributed by atoms with Crippen molar-refractivity contribution in [3.05, 3.63) is 46.5 Å². The summed E-state index contributed by atoms with van der Waals surface area (Å²) in [6.45, 7) is 0. The number of allylic oxidation sites excluding steroid dienone is 1. The molecule has 0 amide bonds. The number of hydrogen-bond donors (Lipinski definition) is 1. The highest BCUT2D eigenvalue weighted by Crippen LogP contribution is 2.24. The van der Waals surface area contributed by atoms with Crippen molar-refractivity contribution < 1.29 is 0 Å². The van der Waals surface area contributed by atoms with Gasteiger partial charge in [-0.15, -0.1) is 0 Å². The average molecular weight is 278 g/mol. The van der Waals surface area contributed by atoms with E-state index >= 15 is 0 Å². The molecule has 1 atom stereocenters. The van der Waals surface area contributed by atoms with Crippen LogP contribution >= 0.6 is 11.6 Å². The normalized spacial score (nSPS) is 21.1. The van der Waals surface area contributed by atoms with Gasteiger partial charge in [0.25, 0.3) is 0 Å². The summed E-state index contributed by atoms with van der Waals surface area (Å²) in [6, 6.07) is 8.61. The van der Waals surface area contributed by atoms with Gasteiger partial charge in [0.2, 0.25) is 0 Å². The molecule has 2 rings (SSSR count). The van der Waals surface area contributed by atoms with E-state index < -0.39 is 0 Å². The van der Waals surface area contributed by atoms with Crippen molar-refractivity contribution in [1.29, 1.82) is 0 Å². The zero-order valence-electron chi connectivity index (χ0n) is 11.8. The molecular weight excluding hydrogens is 254 g/mol. The minimum Gasteiger partial charge on any atom is -0.313 e. The second-order valence-corrected chi connectivity index (χ2v) is 5.78. The highest BCUT2D eigenvalue weighted by atomic mass is 35.5. The Hall–Kier alpha value is -0.790. The predicted molar refractivity (Wildman–Crippen MR) is 83.8 cm³/mol. The molecule has 0 saturated heterocycles. The summed E-state index contributed by atoms with van der Waals surface area (Å²) in [5.41, 5.74) is 2.81. The smallest absolute Gasteiger partial charge is 0.0438 e. The number of benzene rings is 1. The number of hydrogen-bond acceptors (Lipinski definition) is 1. The van der Waals surface area contributed by atoms with Crippen LogP contribution in [0.2, 0.25) is 5.02 Å². The van der Waals surface area contributed by atoms with Crippen molar-refractivity contribution in [3.8, 4) is 0 Å². The van der Waals surface area contributed by atoms with Gasteiger partial charge in [-0.1, -0.05) is 54.3 Å². The largest absolute Gasteiger partial charge is 0.313 e. The predicted octanol–water partition coefficient (Wildman–Crippen LogP) is 4.75. The van der Waals surface area contributed by atoms with Crippen LogP contribution in [0.1, 0.15) is 44.1 Å². The Morgan fingerprint density at radius 2 is 1.95 bits per heavy atom. The molecule has 0 radical (unpaired) electrons. The van der Waals surface area contributed by atoms with E-state index in [1.165, 1.54) is 44.1 Å². The molecule has 1 aliphatic rings. The molecule has 0 saturated carbocycles. The summed E-state index contributed by atoms with van der Waals surface area (Å²) in [5.74, 6) is 0. The van der Waals surface area contributed by atoms with Crippen molar-refractivity contribution >= 4 is 11.6 Å². The van der Waals surface area contributed by atoms with Crippen molar-refractivity contribution in [2.45, 2.75) is 51.0 Å². The summed E-state index contributed by atoms with van der Waals surface area (Å²) in [5, 5.41) is 4.35. The molecule has 0 aliphatic heterocycles. The first-order valence-corrected chi connectivity index (χ1v) is 7.78. The highest BCUT2D eigenvalue weighted by Gasteiger charge is 2.15. The van der Waals surface area contributed by atoms with Crippen LogP contribution in [0.4, 0.5) is 0 Å². The molecular formula is C17H24ClN. The van der Waals surface area contributed by atoms with Gasteiger partial charge in [-0.05, 0) is 50.8 Å². The van der Waals surface area contributed by atoms with E-state index in [0.717, 1.165) is 11.4 Å². The molecule has 1 nitrogen and oxygen atoms in total. The number of halogens is 1. The van der Waals surface area contributed by atoms with Crippen LogP contribution in [0.3, 0.4) is 0 Å². The molecule has 2 heteroatoms. The van der Waals surface area contributed by atoms with Gasteiger partial charge < -0.3 is 5.32 Å². The monoisotopic (exact) mass is 277 g/mol. The molecule has 1 aliphatic carbocycles. The first-order valence-electron chi connectivity index (χ1n) is 7.41. The van der Waals surface area contributed by atoms with Crippen molar-refractivity contribution in [1.82, 2.24) is 5.32 Å². The van der Waals surface area contributed by atoms with E-state index in [1.54, 1.807) is 5.57 Å². The van der Waals surface area contributed by atoms with Gasteiger partial charge in [0, 0.05) is 11.1 Å². The van der Waals surface area contributed by atoms with E-state index in [0.29, 0.717) is 6.04 Å². The van der Waals surface area contributed by atoms with E-state index in [1.807, 2.05) is 12.1 Å². The third-order valence-electron chi connectivity index (χ3n) is 4.00. The van der Waals surface area contributed by atoms with Crippen molar-refractivity contribution in [2.24, 2.45) is 0 Å². The lowest BCUT2D eigenvalue weighted by atomic mass is 9.91. The Bertz CT molecular complexity index is 425. The topological polar surface area (TPSA) is 12.0 Å². The van der Waals surface area contributed by atoms with Crippen molar-refractivity contribution in [2.75, 3.05) is 7.05 Å². The molecule has 1 aromatic rings. The third kappa shape index (κ3) is 4.36. The first-order chi connectivity index (χ1) is 9.31. The Morgan fingerprint density at radius 1 is 1.16 bits per heavy atom. The van der Waals surface area contributed by atoms with Crippen LogP contribution in [0.25, 0.3) is 0 Å². The summed E-state index contributed by atoms with van der Waals surface area (Å²) in [7, 11) is 2.06. The van der Waals surface area contributed by atoms with Crippen LogP contribution in [-0.4, -0.2) is 13.1 Å². The Morgan fingerprint density at radius 3 is 2.74 bits per heavy atom. The van der Waals surface area contributed by atoms with Gasteiger partial charge in [0.15, 0.2) is 0 Å². The van der Waals surface area contributed by atoms with E-state index in [-0.39, 0.29) is 0 Å². The summed E-state index contributed by atoms with van der Waals surface area (Å²) in [6.07, 6.45) is 11.3. The van der Waals surface area contributed by atoms with Crippen LogP contribution in [0.15, 0.2) is 35.9 Å². The fourth-order valence-corrected chi connectivity index (χ4v) is 3.05. The van der Waals surface area contributed by atoms with Crippen LogP contribution < -0.4 is 5.32 Å². The maximum atomic E-state index is 6.28. The van der Waals surface area contributed by atoms with E-state index in [2.05, 4.69) is 30.6 Å². The molecule has 0 bridgehead atoms. The Balaban J connectivity index is 2.08.